The van der Waals surface area contributed by atoms with Crippen LogP contribution in [0.5, 0.6) is 5.75 Å². The number of amides is 1. The molecule has 0 aliphatic carbocycles. The number of sulfonamides is 1. The lowest BCUT2D eigenvalue weighted by Gasteiger charge is -2.16. The Kier molecular flexibility index (Phi) is 8.92. The zero-order valence-electron chi connectivity index (χ0n) is 15.6. The minimum atomic E-state index is -3.67. The molecule has 0 heterocycles. The van der Waals surface area contributed by atoms with Crippen LogP contribution in [0.2, 0.25) is 0 Å². The number of unbranched alkanes of at least 4 members (excludes halogenated alkanes) is 1. The summed E-state index contributed by atoms with van der Waals surface area (Å²) in [6.07, 6.45) is 4.11. The lowest BCUT2D eigenvalue weighted by molar-refractivity contribution is 0.0952. The largest absolute Gasteiger partial charge is 0.496 e. The summed E-state index contributed by atoms with van der Waals surface area (Å²) in [5.41, 5.74) is 0.213. The van der Waals surface area contributed by atoms with Crippen molar-refractivity contribution in [2.24, 2.45) is 5.92 Å². The molecule has 0 saturated carbocycles. The summed E-state index contributed by atoms with van der Waals surface area (Å²) in [5, 5.41) is 2.66. The third kappa shape index (κ3) is 6.32. The van der Waals surface area contributed by atoms with Gasteiger partial charge in [-0.2, -0.15) is 0 Å². The third-order valence-corrected chi connectivity index (χ3v) is 5.59. The molecule has 0 aliphatic heterocycles. The summed E-state index contributed by atoms with van der Waals surface area (Å²) in [5.74, 6) is 0.306. The summed E-state index contributed by atoms with van der Waals surface area (Å²) in [7, 11) is -2.22. The number of hydrogen-bond donors (Lipinski definition) is 2. The van der Waals surface area contributed by atoms with Crippen molar-refractivity contribution in [2.45, 2.75) is 51.3 Å². The van der Waals surface area contributed by atoms with Crippen molar-refractivity contribution in [3.63, 3.8) is 0 Å². The van der Waals surface area contributed by atoms with Crippen LogP contribution in [-0.4, -0.2) is 34.5 Å². The van der Waals surface area contributed by atoms with E-state index in [9.17, 15) is 13.2 Å². The average Bonchev–Trinajstić information content (AvgIpc) is 2.61. The summed E-state index contributed by atoms with van der Waals surface area (Å²) in [6, 6.07) is 4.32. The number of benzene rings is 1. The van der Waals surface area contributed by atoms with Crippen LogP contribution in [0, 0.1) is 5.92 Å². The number of carbonyl (C=O) groups excluding carboxylic acids is 1. The van der Waals surface area contributed by atoms with Gasteiger partial charge in [0.25, 0.3) is 5.91 Å². The quantitative estimate of drug-likeness (QED) is 0.627. The molecule has 1 atom stereocenters. The van der Waals surface area contributed by atoms with Gasteiger partial charge in [0.05, 0.1) is 17.6 Å². The Morgan fingerprint density at radius 2 is 1.96 bits per heavy atom. The Balaban J connectivity index is 2.97. The van der Waals surface area contributed by atoms with Gasteiger partial charge in [-0.25, -0.2) is 13.1 Å². The lowest BCUT2D eigenvalue weighted by Crippen LogP contribution is -2.30. The maximum absolute atomic E-state index is 12.6. The molecule has 6 nitrogen and oxygen atoms in total. The van der Waals surface area contributed by atoms with Gasteiger partial charge >= 0.3 is 0 Å². The van der Waals surface area contributed by atoms with Crippen molar-refractivity contribution in [2.75, 3.05) is 20.2 Å². The highest BCUT2D eigenvalue weighted by atomic mass is 32.2. The molecule has 7 heteroatoms. The van der Waals surface area contributed by atoms with Gasteiger partial charge in [-0.05, 0) is 37.5 Å². The molecule has 1 unspecified atom stereocenters. The maximum Gasteiger partial charge on any atom is 0.255 e. The first-order valence-corrected chi connectivity index (χ1v) is 10.3. The monoisotopic (exact) mass is 370 g/mol. The van der Waals surface area contributed by atoms with Crippen molar-refractivity contribution in [1.82, 2.24) is 10.0 Å². The predicted octanol–water partition coefficient (Wildman–Crippen LogP) is 2.94. The molecular weight excluding hydrogens is 340 g/mol. The van der Waals surface area contributed by atoms with Crippen LogP contribution in [-0.2, 0) is 10.0 Å². The van der Waals surface area contributed by atoms with E-state index in [-0.39, 0.29) is 16.4 Å². The number of nitrogens with one attached hydrogen (secondary N) is 2. The van der Waals surface area contributed by atoms with Crippen LogP contribution in [0.1, 0.15) is 56.8 Å². The fourth-order valence-electron chi connectivity index (χ4n) is 2.54. The Morgan fingerprint density at radius 1 is 1.24 bits per heavy atom. The van der Waals surface area contributed by atoms with E-state index in [0.29, 0.717) is 24.8 Å². The summed E-state index contributed by atoms with van der Waals surface area (Å²) in [4.78, 5) is 12.2. The first kappa shape index (κ1) is 21.4. The van der Waals surface area contributed by atoms with E-state index in [1.807, 2.05) is 0 Å². The van der Waals surface area contributed by atoms with E-state index in [1.54, 1.807) is 6.92 Å². The number of ether oxygens (including phenoxy) is 1. The first-order chi connectivity index (χ1) is 11.9. The van der Waals surface area contributed by atoms with Crippen molar-refractivity contribution in [3.05, 3.63) is 23.8 Å². The number of rotatable bonds is 11. The highest BCUT2D eigenvalue weighted by molar-refractivity contribution is 7.89. The average molecular weight is 371 g/mol. The molecule has 0 aromatic heterocycles. The Bertz CT molecular complexity index is 659. The topological polar surface area (TPSA) is 84.5 Å². The molecule has 142 valence electrons. The standard InChI is InChI=1S/C18H30N2O4S/c1-5-8-9-14(6-2)13-20-25(22,23)15-10-11-17(24-4)16(12-15)18(21)19-7-3/h10-12,14,20H,5-9,13H2,1-4H3,(H,19,21). The molecule has 0 radical (unpaired) electrons. The molecule has 0 aliphatic rings. The highest BCUT2D eigenvalue weighted by Crippen LogP contribution is 2.23. The number of hydrogen-bond acceptors (Lipinski definition) is 4. The van der Waals surface area contributed by atoms with E-state index in [4.69, 9.17) is 4.74 Å². The van der Waals surface area contributed by atoms with Gasteiger partial charge in [0.1, 0.15) is 5.75 Å². The fraction of sp³-hybridized carbons (Fsp3) is 0.611. The number of methoxy groups -OCH3 is 1. The Labute approximate surface area is 151 Å². The van der Waals surface area contributed by atoms with Crippen LogP contribution in [0.3, 0.4) is 0 Å². The van der Waals surface area contributed by atoms with E-state index in [2.05, 4.69) is 23.9 Å². The molecule has 1 aromatic carbocycles. The van der Waals surface area contributed by atoms with E-state index in [0.717, 1.165) is 25.7 Å². The van der Waals surface area contributed by atoms with Crippen LogP contribution in [0.25, 0.3) is 0 Å². The van der Waals surface area contributed by atoms with Crippen LogP contribution in [0.15, 0.2) is 23.1 Å². The Hall–Kier alpha value is -1.60. The summed E-state index contributed by atoms with van der Waals surface area (Å²) in [6.45, 7) is 6.84. The SMILES string of the molecule is CCCCC(CC)CNS(=O)(=O)c1ccc(OC)c(C(=O)NCC)c1. The van der Waals surface area contributed by atoms with Crippen LogP contribution >= 0.6 is 0 Å². The van der Waals surface area contributed by atoms with Crippen molar-refractivity contribution < 1.29 is 17.9 Å². The molecule has 1 amide bonds. The molecule has 0 fully saturated rings. The summed E-state index contributed by atoms with van der Waals surface area (Å²) >= 11 is 0. The molecule has 2 N–H and O–H groups in total. The molecule has 0 spiro atoms. The van der Waals surface area contributed by atoms with Crippen LogP contribution < -0.4 is 14.8 Å². The van der Waals surface area contributed by atoms with Gasteiger partial charge < -0.3 is 10.1 Å². The smallest absolute Gasteiger partial charge is 0.255 e. The van der Waals surface area contributed by atoms with Crippen molar-refractivity contribution in [3.8, 4) is 5.75 Å². The normalized spacial score (nSPS) is 12.6. The number of carbonyl (C=O) groups is 1. The molecule has 0 saturated heterocycles. The minimum Gasteiger partial charge on any atom is -0.496 e. The van der Waals surface area contributed by atoms with Gasteiger partial charge in [-0.3, -0.25) is 4.79 Å². The van der Waals surface area contributed by atoms with Gasteiger partial charge in [-0.15, -0.1) is 0 Å². The molecule has 1 rings (SSSR count). The van der Waals surface area contributed by atoms with E-state index in [1.165, 1.54) is 25.3 Å². The van der Waals surface area contributed by atoms with Gasteiger partial charge in [0.15, 0.2) is 0 Å². The second-order valence-corrected chi connectivity index (χ2v) is 7.76. The third-order valence-electron chi connectivity index (χ3n) is 4.17. The predicted molar refractivity (Wildman–Crippen MR) is 99.5 cm³/mol. The van der Waals surface area contributed by atoms with Crippen LogP contribution in [0.4, 0.5) is 0 Å². The van der Waals surface area contributed by atoms with E-state index < -0.39 is 10.0 Å². The van der Waals surface area contributed by atoms with Crippen molar-refractivity contribution >= 4 is 15.9 Å². The van der Waals surface area contributed by atoms with Gasteiger partial charge in [0, 0.05) is 13.1 Å². The van der Waals surface area contributed by atoms with Gasteiger partial charge in [-0.1, -0.05) is 33.1 Å². The fourth-order valence-corrected chi connectivity index (χ4v) is 3.68. The lowest BCUT2D eigenvalue weighted by atomic mass is 10.00. The van der Waals surface area contributed by atoms with E-state index >= 15 is 0 Å². The minimum absolute atomic E-state index is 0.0693. The first-order valence-electron chi connectivity index (χ1n) is 8.85. The summed E-state index contributed by atoms with van der Waals surface area (Å²) < 4.78 is 33.0. The zero-order valence-corrected chi connectivity index (χ0v) is 16.4. The molecular formula is C18H30N2O4S. The molecule has 1 aromatic rings. The maximum atomic E-state index is 12.6. The second-order valence-electron chi connectivity index (χ2n) is 5.99. The zero-order chi connectivity index (χ0) is 18.9. The second kappa shape index (κ2) is 10.4. The molecule has 25 heavy (non-hydrogen) atoms. The molecule has 0 bridgehead atoms. The van der Waals surface area contributed by atoms with Gasteiger partial charge in [0.2, 0.25) is 10.0 Å². The highest BCUT2D eigenvalue weighted by Gasteiger charge is 2.20. The van der Waals surface area contributed by atoms with Crippen molar-refractivity contribution in [1.29, 1.82) is 0 Å². The Morgan fingerprint density at radius 3 is 2.52 bits per heavy atom.